The molecule has 1 saturated heterocycles. The molecule has 2 atom stereocenters. The SMILES string of the molecule is CC(F)c1cnn(-c2cnn3ccc(N4CCC[C@H]4c4cc(F)ccc4F)nc23)c1. The van der Waals surface area contributed by atoms with E-state index in [1.165, 1.54) is 23.9 Å². The second-order valence-corrected chi connectivity index (χ2v) is 7.44. The summed E-state index contributed by atoms with van der Waals surface area (Å²) in [5.41, 5.74) is 1.94. The molecule has 0 spiro atoms. The van der Waals surface area contributed by atoms with Crippen LogP contribution < -0.4 is 4.90 Å². The van der Waals surface area contributed by atoms with Gasteiger partial charge in [-0.2, -0.15) is 10.2 Å². The van der Waals surface area contributed by atoms with Crippen LogP contribution in [-0.2, 0) is 0 Å². The molecule has 0 radical (unpaired) electrons. The average molecular weight is 412 g/mol. The van der Waals surface area contributed by atoms with Gasteiger partial charge in [0.25, 0.3) is 0 Å². The highest BCUT2D eigenvalue weighted by molar-refractivity contribution is 5.61. The van der Waals surface area contributed by atoms with Crippen LogP contribution in [0.2, 0.25) is 0 Å². The third kappa shape index (κ3) is 3.10. The van der Waals surface area contributed by atoms with Crippen LogP contribution in [0.3, 0.4) is 0 Å². The van der Waals surface area contributed by atoms with E-state index in [-0.39, 0.29) is 6.04 Å². The van der Waals surface area contributed by atoms with Crippen molar-refractivity contribution < 1.29 is 13.2 Å². The Bertz CT molecular complexity index is 1210. The molecule has 0 N–H and O–H groups in total. The van der Waals surface area contributed by atoms with E-state index in [9.17, 15) is 13.2 Å². The highest BCUT2D eigenvalue weighted by atomic mass is 19.1. The number of anilines is 1. The monoisotopic (exact) mass is 412 g/mol. The maximum Gasteiger partial charge on any atom is 0.183 e. The van der Waals surface area contributed by atoms with Crippen molar-refractivity contribution in [2.45, 2.75) is 32.0 Å². The molecule has 0 bridgehead atoms. The van der Waals surface area contributed by atoms with Gasteiger partial charge in [0.2, 0.25) is 0 Å². The van der Waals surface area contributed by atoms with Gasteiger partial charge in [0.05, 0.1) is 18.4 Å². The van der Waals surface area contributed by atoms with E-state index in [2.05, 4.69) is 10.2 Å². The van der Waals surface area contributed by atoms with Gasteiger partial charge in [0.15, 0.2) is 5.65 Å². The van der Waals surface area contributed by atoms with Crippen molar-refractivity contribution in [1.29, 1.82) is 0 Å². The number of benzene rings is 1. The summed E-state index contributed by atoms with van der Waals surface area (Å²) in [7, 11) is 0. The summed E-state index contributed by atoms with van der Waals surface area (Å²) in [5, 5.41) is 8.51. The lowest BCUT2D eigenvalue weighted by Crippen LogP contribution is -2.24. The van der Waals surface area contributed by atoms with E-state index in [0.717, 1.165) is 18.6 Å². The summed E-state index contributed by atoms with van der Waals surface area (Å²) < 4.78 is 44.9. The minimum absolute atomic E-state index is 0.300. The Kier molecular flexibility index (Phi) is 4.45. The molecule has 0 amide bonds. The van der Waals surface area contributed by atoms with Gasteiger partial charge in [-0.15, -0.1) is 0 Å². The predicted octanol–water partition coefficient (Wildman–Crippen LogP) is 4.57. The third-order valence-corrected chi connectivity index (χ3v) is 5.51. The zero-order chi connectivity index (χ0) is 20.8. The van der Waals surface area contributed by atoms with Crippen molar-refractivity contribution in [2.24, 2.45) is 0 Å². The van der Waals surface area contributed by atoms with Gasteiger partial charge in [-0.25, -0.2) is 27.4 Å². The van der Waals surface area contributed by atoms with Crippen LogP contribution in [-0.4, -0.2) is 30.9 Å². The Hall–Kier alpha value is -3.36. The molecule has 6 nitrogen and oxygen atoms in total. The van der Waals surface area contributed by atoms with E-state index in [1.54, 1.807) is 29.2 Å². The van der Waals surface area contributed by atoms with Crippen molar-refractivity contribution in [2.75, 3.05) is 11.4 Å². The summed E-state index contributed by atoms with van der Waals surface area (Å²) in [6.45, 7) is 2.13. The van der Waals surface area contributed by atoms with E-state index in [0.29, 0.717) is 41.2 Å². The lowest BCUT2D eigenvalue weighted by Gasteiger charge is -2.26. The van der Waals surface area contributed by atoms with Crippen LogP contribution in [0.4, 0.5) is 19.0 Å². The van der Waals surface area contributed by atoms with Crippen LogP contribution in [0.25, 0.3) is 11.3 Å². The Morgan fingerprint density at radius 3 is 2.80 bits per heavy atom. The maximum atomic E-state index is 14.4. The Morgan fingerprint density at radius 2 is 2.00 bits per heavy atom. The summed E-state index contributed by atoms with van der Waals surface area (Å²) in [5.74, 6) is -0.248. The van der Waals surface area contributed by atoms with Gasteiger partial charge in [-0.3, -0.25) is 0 Å². The number of rotatable bonds is 4. The maximum absolute atomic E-state index is 14.4. The first-order valence-corrected chi connectivity index (χ1v) is 9.76. The molecule has 30 heavy (non-hydrogen) atoms. The first kappa shape index (κ1) is 18.7. The van der Waals surface area contributed by atoms with Gasteiger partial charge >= 0.3 is 0 Å². The summed E-state index contributed by atoms with van der Waals surface area (Å²) in [6.07, 6.45) is 6.88. The molecule has 3 aromatic heterocycles. The second-order valence-electron chi connectivity index (χ2n) is 7.44. The topological polar surface area (TPSA) is 51.3 Å². The van der Waals surface area contributed by atoms with E-state index >= 15 is 0 Å². The van der Waals surface area contributed by atoms with Crippen molar-refractivity contribution in [1.82, 2.24) is 24.4 Å². The lowest BCUT2D eigenvalue weighted by molar-refractivity contribution is 0.374. The minimum atomic E-state index is -1.13. The molecule has 0 saturated carbocycles. The van der Waals surface area contributed by atoms with Gasteiger partial charge in [-0.1, -0.05) is 0 Å². The summed E-state index contributed by atoms with van der Waals surface area (Å²) in [6, 6.07) is 5.04. The molecule has 0 aliphatic carbocycles. The molecule has 1 unspecified atom stereocenters. The highest BCUT2D eigenvalue weighted by Crippen LogP contribution is 2.37. The predicted molar refractivity (Wildman–Crippen MR) is 105 cm³/mol. The van der Waals surface area contributed by atoms with Gasteiger partial charge in [0.1, 0.15) is 29.3 Å². The molecule has 1 fully saturated rings. The molecular weight excluding hydrogens is 393 g/mol. The highest BCUT2D eigenvalue weighted by Gasteiger charge is 2.30. The number of aromatic nitrogens is 5. The molecular formula is C21H19F3N6. The van der Waals surface area contributed by atoms with Crippen LogP contribution in [0, 0.1) is 11.6 Å². The average Bonchev–Trinajstić information content (AvgIpc) is 3.47. The van der Waals surface area contributed by atoms with E-state index in [1.807, 2.05) is 4.90 Å². The van der Waals surface area contributed by atoms with Gasteiger partial charge in [-0.05, 0) is 44.0 Å². The molecule has 9 heteroatoms. The molecule has 4 aromatic rings. The van der Waals surface area contributed by atoms with E-state index in [4.69, 9.17) is 4.98 Å². The largest absolute Gasteiger partial charge is 0.349 e. The molecule has 1 aliphatic rings. The zero-order valence-electron chi connectivity index (χ0n) is 16.2. The number of nitrogens with zero attached hydrogens (tertiary/aromatic N) is 6. The zero-order valence-corrected chi connectivity index (χ0v) is 16.2. The van der Waals surface area contributed by atoms with Crippen LogP contribution in [0.5, 0.6) is 0 Å². The Morgan fingerprint density at radius 1 is 1.13 bits per heavy atom. The lowest BCUT2D eigenvalue weighted by atomic mass is 10.0. The van der Waals surface area contributed by atoms with Crippen molar-refractivity contribution in [3.8, 4) is 5.69 Å². The normalized spacial score (nSPS) is 17.7. The smallest absolute Gasteiger partial charge is 0.183 e. The third-order valence-electron chi connectivity index (χ3n) is 5.51. The second kappa shape index (κ2) is 7.16. The van der Waals surface area contributed by atoms with Crippen LogP contribution in [0.15, 0.2) is 49.1 Å². The molecule has 154 valence electrons. The fourth-order valence-electron chi connectivity index (χ4n) is 3.98. The number of halogens is 3. The Labute approximate surface area is 170 Å². The minimum Gasteiger partial charge on any atom is -0.349 e. The standard InChI is InChI=1S/C21H19F3N6/c1-13(22)14-10-25-30(12-14)19-11-26-29-8-6-20(27-21(19)29)28-7-2-3-18(28)16-9-15(23)4-5-17(16)24/h4-6,8-13,18H,2-3,7H2,1H3/t13?,18-/m0/s1. The van der Waals surface area contributed by atoms with Crippen LogP contribution in [0.1, 0.15) is 43.1 Å². The summed E-state index contributed by atoms with van der Waals surface area (Å²) in [4.78, 5) is 6.71. The molecule has 1 aromatic carbocycles. The van der Waals surface area contributed by atoms with Crippen molar-refractivity contribution in [3.05, 3.63) is 71.8 Å². The first-order chi connectivity index (χ1) is 14.5. The molecule has 1 aliphatic heterocycles. The van der Waals surface area contributed by atoms with Gasteiger partial charge < -0.3 is 4.90 Å². The number of alkyl halides is 1. The Balaban J connectivity index is 1.55. The number of fused-ring (bicyclic) bond motifs is 1. The quantitative estimate of drug-likeness (QED) is 0.493. The van der Waals surface area contributed by atoms with Crippen molar-refractivity contribution in [3.63, 3.8) is 0 Å². The number of hydrogen-bond acceptors (Lipinski definition) is 4. The number of hydrogen-bond donors (Lipinski definition) is 0. The molecule has 5 rings (SSSR count). The van der Waals surface area contributed by atoms with E-state index < -0.39 is 17.8 Å². The first-order valence-electron chi connectivity index (χ1n) is 9.76. The van der Waals surface area contributed by atoms with Gasteiger partial charge in [0, 0.05) is 30.1 Å². The molecule has 4 heterocycles. The van der Waals surface area contributed by atoms with Crippen LogP contribution >= 0.6 is 0 Å². The summed E-state index contributed by atoms with van der Waals surface area (Å²) >= 11 is 0. The fourth-order valence-corrected chi connectivity index (χ4v) is 3.98. The fraction of sp³-hybridized carbons (Fsp3) is 0.286. The van der Waals surface area contributed by atoms with Crippen molar-refractivity contribution >= 4 is 11.5 Å².